The van der Waals surface area contributed by atoms with Crippen LogP contribution in [0.2, 0.25) is 0 Å². The first-order valence-electron chi connectivity index (χ1n) is 18.2. The normalized spacial score (nSPS) is 23.8. The second-order valence-corrected chi connectivity index (χ2v) is 17.4. The van der Waals surface area contributed by atoms with E-state index >= 15 is 0 Å². The summed E-state index contributed by atoms with van der Waals surface area (Å²) in [7, 11) is -1.73. The van der Waals surface area contributed by atoms with Crippen molar-refractivity contribution >= 4 is 39.1 Å². The number of hydrogen-bond donors (Lipinski definition) is 1. The third kappa shape index (κ3) is 8.74. The minimum absolute atomic E-state index is 0.232. The molecule has 51 heavy (non-hydrogen) atoms. The molecule has 0 fully saturated rings. The fourth-order valence-corrected chi connectivity index (χ4v) is 8.19. The Labute approximate surface area is 310 Å². The van der Waals surface area contributed by atoms with Gasteiger partial charge in [-0.05, 0) is 81.0 Å². The molecular formula is C41H54ClN5O3S+2. The summed E-state index contributed by atoms with van der Waals surface area (Å²) in [6.45, 7) is 15.0. The van der Waals surface area contributed by atoms with Crippen LogP contribution < -0.4 is 4.57 Å². The third-order valence-electron chi connectivity index (χ3n) is 10.6. The number of aliphatic imine (C=N–C) groups is 2. The van der Waals surface area contributed by atoms with Gasteiger partial charge in [-0.1, -0.05) is 50.9 Å². The summed E-state index contributed by atoms with van der Waals surface area (Å²) in [5.74, 6) is 4.51. The minimum atomic E-state index is -3.97. The topological polar surface area (TPSA) is 86.2 Å². The number of pyridine rings is 1. The highest BCUT2D eigenvalue weighted by Gasteiger charge is 2.43. The molecule has 4 aliphatic heterocycles. The zero-order chi connectivity index (χ0) is 37.0. The van der Waals surface area contributed by atoms with E-state index in [2.05, 4.69) is 106 Å². The summed E-state index contributed by atoms with van der Waals surface area (Å²) in [6, 6.07) is 4.34. The summed E-state index contributed by atoms with van der Waals surface area (Å²) in [5, 5.41) is 0.755. The Morgan fingerprint density at radius 2 is 1.88 bits per heavy atom. The monoisotopic (exact) mass is 731 g/mol. The van der Waals surface area contributed by atoms with Gasteiger partial charge in [0.15, 0.2) is 5.71 Å². The van der Waals surface area contributed by atoms with Gasteiger partial charge in [0.05, 0.1) is 60.2 Å². The van der Waals surface area contributed by atoms with Crippen LogP contribution in [-0.4, -0.2) is 72.9 Å². The average Bonchev–Trinajstić information content (AvgIpc) is 3.49. The number of terminal acetylenes is 1. The molecule has 1 atom stereocenters. The van der Waals surface area contributed by atoms with Gasteiger partial charge in [-0.15, -0.1) is 12.3 Å². The van der Waals surface area contributed by atoms with Crippen LogP contribution in [-0.2, 0) is 22.1 Å². The van der Waals surface area contributed by atoms with Gasteiger partial charge in [0.2, 0.25) is 0 Å². The van der Waals surface area contributed by atoms with E-state index in [4.69, 9.17) is 32.6 Å². The lowest BCUT2D eigenvalue weighted by Gasteiger charge is -2.39. The third-order valence-corrected chi connectivity index (χ3v) is 11.9. The zero-order valence-corrected chi connectivity index (χ0v) is 32.7. The van der Waals surface area contributed by atoms with Gasteiger partial charge in [-0.25, -0.2) is 9.56 Å². The zero-order valence-electron chi connectivity index (χ0n) is 31.1. The number of allylic oxidation sites excluding steroid dienone is 6. The van der Waals surface area contributed by atoms with Crippen molar-refractivity contribution in [3.8, 4) is 12.3 Å². The summed E-state index contributed by atoms with van der Waals surface area (Å²) in [6.07, 6.45) is 27.7. The van der Waals surface area contributed by atoms with Gasteiger partial charge < -0.3 is 9.38 Å². The minimum Gasteiger partial charge on any atom is -0.333 e. The number of likely N-dealkylation sites (N-methyl/N-ethyl adjacent to an activating group) is 1. The maximum Gasteiger partial charge on any atom is 0.327 e. The molecule has 8 nitrogen and oxygen atoms in total. The fraction of sp³-hybridized carbons (Fsp3) is 0.488. The molecule has 1 aromatic rings. The molecule has 0 saturated heterocycles. The number of fused-ring (bicyclic) bond motifs is 2. The Bertz CT molecular complexity index is 1940. The van der Waals surface area contributed by atoms with Crippen molar-refractivity contribution in [3.05, 3.63) is 94.0 Å². The quantitative estimate of drug-likeness (QED) is 0.0698. The molecule has 0 amide bonds. The number of halogens is 1. The largest absolute Gasteiger partial charge is 0.333 e. The lowest BCUT2D eigenvalue weighted by atomic mass is 9.81. The summed E-state index contributed by atoms with van der Waals surface area (Å²) < 4.78 is 34.5. The Hall–Kier alpha value is -3.55. The maximum atomic E-state index is 11.2. The molecule has 272 valence electrons. The molecule has 0 radical (unpaired) electrons. The van der Waals surface area contributed by atoms with Crippen molar-refractivity contribution in [2.24, 2.45) is 15.4 Å². The van der Waals surface area contributed by atoms with Gasteiger partial charge in [-0.2, -0.15) is 8.42 Å². The number of nitrogens with zero attached hydrogens (tertiary/aromatic N) is 5. The predicted molar refractivity (Wildman–Crippen MR) is 209 cm³/mol. The maximum absolute atomic E-state index is 11.2. The number of rotatable bonds is 14. The van der Waals surface area contributed by atoms with Crippen molar-refractivity contribution in [2.75, 3.05) is 39.0 Å². The van der Waals surface area contributed by atoms with E-state index in [0.717, 1.165) is 81.9 Å². The SMILES string of the molecule is C#CCC[N+]1(C)CC(/C=C/C2=Nc3c(ccc[n+]3CCCCC)C2(C)C)=C(Cl)C(=C/C=C2/N=C3C(=CC=CN3CCCCS(=O)(=O)O)C2(C)C)/C1. The Balaban J connectivity index is 1.45. The van der Waals surface area contributed by atoms with Crippen LogP contribution in [0.5, 0.6) is 0 Å². The molecular weight excluding hydrogens is 678 g/mol. The molecule has 0 spiro atoms. The van der Waals surface area contributed by atoms with Gasteiger partial charge in [0.1, 0.15) is 18.9 Å². The van der Waals surface area contributed by atoms with Crippen molar-refractivity contribution in [2.45, 2.75) is 85.1 Å². The lowest BCUT2D eigenvalue weighted by molar-refractivity contribution is -0.900. The Morgan fingerprint density at radius 3 is 2.61 bits per heavy atom. The first kappa shape index (κ1) is 38.7. The number of aryl methyl sites for hydroxylation is 1. The molecule has 0 saturated carbocycles. The van der Waals surface area contributed by atoms with E-state index in [0.29, 0.717) is 25.8 Å². The highest BCUT2D eigenvalue weighted by Crippen LogP contribution is 2.45. The molecule has 10 heteroatoms. The van der Waals surface area contributed by atoms with Gasteiger partial charge in [0, 0.05) is 34.9 Å². The van der Waals surface area contributed by atoms with E-state index in [9.17, 15) is 8.42 Å². The van der Waals surface area contributed by atoms with Crippen LogP contribution in [0.1, 0.15) is 78.7 Å². The van der Waals surface area contributed by atoms with E-state index in [1.54, 1.807) is 0 Å². The first-order chi connectivity index (χ1) is 24.1. The highest BCUT2D eigenvalue weighted by molar-refractivity contribution is 7.85. The van der Waals surface area contributed by atoms with E-state index < -0.39 is 10.1 Å². The van der Waals surface area contributed by atoms with Gasteiger partial charge in [0.25, 0.3) is 10.1 Å². The molecule has 5 rings (SSSR count). The van der Waals surface area contributed by atoms with Gasteiger partial charge >= 0.3 is 5.82 Å². The molecule has 1 N–H and O–H groups in total. The Kier molecular flexibility index (Phi) is 11.8. The number of amidine groups is 1. The number of aromatic nitrogens is 1. The molecule has 5 heterocycles. The fourth-order valence-electron chi connectivity index (χ4n) is 7.37. The standard InChI is InChI=1S/C41H53ClN5O3S/c1-8-10-12-23-45-25-15-17-33-38(45)43-35(40(33,3)4)21-19-31-29-47(7,27-11-9-2)30-32(37(31)42)20-22-36-41(5,6)34-18-16-26-46(39(34)44-36)24-13-14-28-51(48,49)50/h2,15-22,25-26H,8,10-14,23-24,27-30H2,1,3-7H3/q+1/p+1. The molecule has 4 aliphatic rings. The van der Waals surface area contributed by atoms with Crippen molar-refractivity contribution in [3.63, 3.8) is 0 Å². The average molecular weight is 732 g/mol. The Morgan fingerprint density at radius 1 is 1.10 bits per heavy atom. The van der Waals surface area contributed by atoms with Crippen LogP contribution in [0.15, 0.2) is 98.4 Å². The molecule has 0 aromatic carbocycles. The molecule has 0 aliphatic carbocycles. The highest BCUT2D eigenvalue weighted by atomic mass is 35.5. The number of unbranched alkanes of at least 4 members (excludes halogenated alkanes) is 3. The molecule has 1 unspecified atom stereocenters. The van der Waals surface area contributed by atoms with E-state index in [1.165, 1.54) is 18.4 Å². The summed E-state index contributed by atoms with van der Waals surface area (Å²) >= 11 is 7.27. The smallest absolute Gasteiger partial charge is 0.327 e. The molecule has 1 aromatic heterocycles. The predicted octanol–water partition coefficient (Wildman–Crippen LogP) is 7.73. The summed E-state index contributed by atoms with van der Waals surface area (Å²) in [5.41, 5.74) is 5.84. The van der Waals surface area contributed by atoms with E-state index in [-0.39, 0.29) is 16.6 Å². The van der Waals surface area contributed by atoms with E-state index in [1.807, 2.05) is 12.3 Å². The second-order valence-electron chi connectivity index (χ2n) is 15.5. The number of quaternary nitrogens is 1. The van der Waals surface area contributed by atoms with Crippen LogP contribution >= 0.6 is 11.6 Å². The van der Waals surface area contributed by atoms with Crippen LogP contribution in [0.3, 0.4) is 0 Å². The lowest BCUT2D eigenvalue weighted by Crippen LogP contribution is -2.49. The first-order valence-corrected chi connectivity index (χ1v) is 20.2. The second kappa shape index (κ2) is 15.6. The summed E-state index contributed by atoms with van der Waals surface area (Å²) in [4.78, 5) is 12.3. The molecule has 0 bridgehead atoms. The number of hydrogen-bond acceptors (Lipinski definition) is 5. The van der Waals surface area contributed by atoms with Crippen LogP contribution in [0, 0.1) is 17.8 Å². The van der Waals surface area contributed by atoms with Crippen molar-refractivity contribution < 1.29 is 22.0 Å². The van der Waals surface area contributed by atoms with Gasteiger partial charge in [-0.3, -0.25) is 4.55 Å². The van der Waals surface area contributed by atoms with Crippen molar-refractivity contribution in [1.29, 1.82) is 0 Å². The van der Waals surface area contributed by atoms with Crippen LogP contribution in [0.4, 0.5) is 5.82 Å². The van der Waals surface area contributed by atoms with Crippen LogP contribution in [0.25, 0.3) is 0 Å². The van der Waals surface area contributed by atoms with Crippen molar-refractivity contribution in [1.82, 2.24) is 4.90 Å².